The zero-order chi connectivity index (χ0) is 14.4. The highest BCUT2D eigenvalue weighted by atomic mass is 35.5. The summed E-state index contributed by atoms with van der Waals surface area (Å²) in [7, 11) is 0. The minimum absolute atomic E-state index is 0.486. The lowest BCUT2D eigenvalue weighted by atomic mass is 10.1. The van der Waals surface area contributed by atoms with Gasteiger partial charge in [-0.15, -0.1) is 0 Å². The Morgan fingerprint density at radius 3 is 2.10 bits per heavy atom. The summed E-state index contributed by atoms with van der Waals surface area (Å²) in [5, 5.41) is 22.0. The summed E-state index contributed by atoms with van der Waals surface area (Å²) in [4.78, 5) is 0. The van der Waals surface area contributed by atoms with Gasteiger partial charge in [0.1, 0.15) is 12.1 Å². The minimum Gasteiger partial charge on any atom is -0.383 e. The lowest BCUT2D eigenvalue weighted by Gasteiger charge is -2.10. The Labute approximate surface area is 123 Å². The van der Waals surface area contributed by atoms with Crippen molar-refractivity contribution in [1.29, 1.82) is 10.5 Å². The van der Waals surface area contributed by atoms with Crippen LogP contribution < -0.4 is 5.32 Å². The lowest BCUT2D eigenvalue weighted by molar-refractivity contribution is 1.02. The zero-order valence-corrected chi connectivity index (χ0v) is 11.5. The SMILES string of the molecule is N#Cc1cccc(C#N)c1NCCc1ccc(Cl)cc1. The molecule has 0 unspecified atom stereocenters. The van der Waals surface area contributed by atoms with E-state index in [4.69, 9.17) is 22.1 Å². The highest BCUT2D eigenvalue weighted by Gasteiger charge is 2.07. The molecule has 0 saturated carbocycles. The van der Waals surface area contributed by atoms with Gasteiger partial charge in [-0.3, -0.25) is 0 Å². The number of hydrogen-bond acceptors (Lipinski definition) is 3. The minimum atomic E-state index is 0.486. The number of anilines is 1. The molecule has 0 heterocycles. The molecule has 0 spiro atoms. The van der Waals surface area contributed by atoms with E-state index in [1.54, 1.807) is 18.2 Å². The first kappa shape index (κ1) is 13.9. The summed E-state index contributed by atoms with van der Waals surface area (Å²) < 4.78 is 0. The number of para-hydroxylation sites is 1. The number of nitrogens with one attached hydrogen (secondary N) is 1. The van der Waals surface area contributed by atoms with Crippen LogP contribution in [0.1, 0.15) is 16.7 Å². The summed E-state index contributed by atoms with van der Waals surface area (Å²) in [5.41, 5.74) is 2.72. The smallest absolute Gasteiger partial charge is 0.101 e. The molecular weight excluding hydrogens is 270 g/mol. The molecule has 98 valence electrons. The monoisotopic (exact) mass is 281 g/mol. The standard InChI is InChI=1S/C16H12ClN3/c17-15-6-4-12(5-7-15)8-9-20-16-13(10-18)2-1-3-14(16)11-19/h1-7,20H,8-9H2. The fourth-order valence-electron chi connectivity index (χ4n) is 1.91. The highest BCUT2D eigenvalue weighted by molar-refractivity contribution is 6.30. The fraction of sp³-hybridized carbons (Fsp3) is 0.125. The number of rotatable bonds is 4. The molecule has 0 aliphatic carbocycles. The number of nitriles is 2. The molecule has 0 amide bonds. The second-order valence-corrected chi connectivity index (χ2v) is 4.69. The molecule has 0 fully saturated rings. The maximum atomic E-state index is 9.07. The predicted octanol–water partition coefficient (Wildman–Crippen LogP) is 3.74. The molecule has 4 heteroatoms. The predicted molar refractivity (Wildman–Crippen MR) is 79.5 cm³/mol. The van der Waals surface area contributed by atoms with E-state index in [-0.39, 0.29) is 0 Å². The van der Waals surface area contributed by atoms with Crippen molar-refractivity contribution in [2.45, 2.75) is 6.42 Å². The van der Waals surface area contributed by atoms with Crippen molar-refractivity contribution in [3.63, 3.8) is 0 Å². The van der Waals surface area contributed by atoms with Crippen LogP contribution in [0.3, 0.4) is 0 Å². The maximum absolute atomic E-state index is 9.07. The summed E-state index contributed by atoms with van der Waals surface area (Å²) >= 11 is 5.83. The van der Waals surface area contributed by atoms with Crippen molar-refractivity contribution in [3.05, 3.63) is 64.2 Å². The first-order valence-electron chi connectivity index (χ1n) is 6.16. The Morgan fingerprint density at radius 2 is 1.55 bits per heavy atom. The molecule has 2 aromatic rings. The number of nitrogens with zero attached hydrogens (tertiary/aromatic N) is 2. The molecule has 2 rings (SSSR count). The Kier molecular flexibility index (Phi) is 4.60. The van der Waals surface area contributed by atoms with Crippen LogP contribution in [0.15, 0.2) is 42.5 Å². The summed E-state index contributed by atoms with van der Waals surface area (Å²) in [6.07, 6.45) is 0.793. The molecule has 2 aromatic carbocycles. The molecule has 20 heavy (non-hydrogen) atoms. The third-order valence-corrected chi connectivity index (χ3v) is 3.19. The molecule has 0 aliphatic rings. The number of halogens is 1. The van der Waals surface area contributed by atoms with Gasteiger partial charge in [0.05, 0.1) is 16.8 Å². The normalized spacial score (nSPS) is 9.55. The quantitative estimate of drug-likeness (QED) is 0.929. The largest absolute Gasteiger partial charge is 0.383 e. The van der Waals surface area contributed by atoms with Crippen LogP contribution in [0.2, 0.25) is 5.02 Å². The first-order valence-corrected chi connectivity index (χ1v) is 6.54. The van der Waals surface area contributed by atoms with Crippen LogP contribution in [-0.2, 0) is 6.42 Å². The first-order chi connectivity index (χ1) is 9.74. The van der Waals surface area contributed by atoms with Gasteiger partial charge >= 0.3 is 0 Å². The molecule has 0 saturated heterocycles. The molecule has 0 atom stereocenters. The van der Waals surface area contributed by atoms with E-state index in [1.165, 1.54) is 0 Å². The van der Waals surface area contributed by atoms with Crippen molar-refractivity contribution in [1.82, 2.24) is 0 Å². The fourth-order valence-corrected chi connectivity index (χ4v) is 2.04. The second-order valence-electron chi connectivity index (χ2n) is 4.25. The number of benzene rings is 2. The van der Waals surface area contributed by atoms with E-state index in [0.717, 1.165) is 12.0 Å². The zero-order valence-electron chi connectivity index (χ0n) is 10.7. The van der Waals surface area contributed by atoms with Crippen LogP contribution in [0.5, 0.6) is 0 Å². The van der Waals surface area contributed by atoms with E-state index in [9.17, 15) is 0 Å². The molecule has 0 aromatic heterocycles. The molecule has 3 nitrogen and oxygen atoms in total. The summed E-state index contributed by atoms with van der Waals surface area (Å²) in [5.74, 6) is 0. The van der Waals surface area contributed by atoms with Gasteiger partial charge in [0.15, 0.2) is 0 Å². The number of hydrogen-bond donors (Lipinski definition) is 1. The van der Waals surface area contributed by atoms with Crippen molar-refractivity contribution >= 4 is 17.3 Å². The van der Waals surface area contributed by atoms with Gasteiger partial charge in [-0.2, -0.15) is 10.5 Å². The Bertz CT molecular complexity index is 646. The summed E-state index contributed by atoms with van der Waals surface area (Å²) in [6.45, 7) is 0.648. The van der Waals surface area contributed by atoms with Gasteiger partial charge in [0.25, 0.3) is 0 Å². The molecule has 0 bridgehead atoms. The van der Waals surface area contributed by atoms with Crippen molar-refractivity contribution in [2.75, 3.05) is 11.9 Å². The Hall–Kier alpha value is -2.49. The van der Waals surface area contributed by atoms with Crippen LogP contribution in [0.4, 0.5) is 5.69 Å². The highest BCUT2D eigenvalue weighted by Crippen LogP contribution is 2.20. The second kappa shape index (κ2) is 6.61. The molecule has 0 aliphatic heterocycles. The van der Waals surface area contributed by atoms with Gasteiger partial charge in [-0.1, -0.05) is 29.8 Å². The Balaban J connectivity index is 2.06. The average Bonchev–Trinajstić information content (AvgIpc) is 2.49. The molecular formula is C16H12ClN3. The Morgan fingerprint density at radius 1 is 0.950 bits per heavy atom. The molecule has 1 N–H and O–H groups in total. The van der Waals surface area contributed by atoms with Gasteiger partial charge in [0.2, 0.25) is 0 Å². The van der Waals surface area contributed by atoms with Crippen LogP contribution in [-0.4, -0.2) is 6.54 Å². The average molecular weight is 282 g/mol. The summed E-state index contributed by atoms with van der Waals surface area (Å²) in [6, 6.07) is 16.9. The van der Waals surface area contributed by atoms with Crippen molar-refractivity contribution < 1.29 is 0 Å². The van der Waals surface area contributed by atoms with Crippen molar-refractivity contribution in [2.24, 2.45) is 0 Å². The van der Waals surface area contributed by atoms with Crippen LogP contribution in [0, 0.1) is 22.7 Å². The van der Waals surface area contributed by atoms with E-state index in [2.05, 4.69) is 17.5 Å². The van der Waals surface area contributed by atoms with E-state index in [1.807, 2.05) is 24.3 Å². The lowest BCUT2D eigenvalue weighted by Crippen LogP contribution is -2.07. The van der Waals surface area contributed by atoms with Crippen molar-refractivity contribution in [3.8, 4) is 12.1 Å². The van der Waals surface area contributed by atoms with E-state index < -0.39 is 0 Å². The van der Waals surface area contributed by atoms with Crippen LogP contribution >= 0.6 is 11.6 Å². The topological polar surface area (TPSA) is 59.6 Å². The van der Waals surface area contributed by atoms with Gasteiger partial charge < -0.3 is 5.32 Å². The molecule has 0 radical (unpaired) electrons. The van der Waals surface area contributed by atoms with E-state index >= 15 is 0 Å². The van der Waals surface area contributed by atoms with Crippen LogP contribution in [0.25, 0.3) is 0 Å². The third kappa shape index (κ3) is 3.29. The van der Waals surface area contributed by atoms with Gasteiger partial charge in [0, 0.05) is 11.6 Å². The van der Waals surface area contributed by atoms with E-state index in [0.29, 0.717) is 28.4 Å². The third-order valence-electron chi connectivity index (χ3n) is 2.93. The maximum Gasteiger partial charge on any atom is 0.101 e. The van der Waals surface area contributed by atoms with Gasteiger partial charge in [-0.05, 0) is 36.2 Å². The van der Waals surface area contributed by atoms with Gasteiger partial charge in [-0.25, -0.2) is 0 Å².